The molecule has 1 aliphatic heterocycles. The highest BCUT2D eigenvalue weighted by molar-refractivity contribution is 5.99. The molecule has 1 heterocycles. The van der Waals surface area contributed by atoms with Gasteiger partial charge in [0.25, 0.3) is 0 Å². The standard InChI is InChI=1S/C16H15NO/c1-2-11-3-5-12(6-4-11)13-7-8-14-10-16(18)17-15(14)9-13/h3-9H,2,10H2,1H3,(H,17,18). The molecular formula is C16H15NO. The van der Waals surface area contributed by atoms with Crippen LogP contribution in [0.1, 0.15) is 18.1 Å². The number of anilines is 1. The fourth-order valence-electron chi connectivity index (χ4n) is 2.33. The molecule has 0 saturated heterocycles. The van der Waals surface area contributed by atoms with Gasteiger partial charge in [0.15, 0.2) is 0 Å². The van der Waals surface area contributed by atoms with E-state index in [0.29, 0.717) is 6.42 Å². The van der Waals surface area contributed by atoms with E-state index in [4.69, 9.17) is 0 Å². The van der Waals surface area contributed by atoms with Crippen LogP contribution in [-0.2, 0) is 17.6 Å². The van der Waals surface area contributed by atoms with Gasteiger partial charge in [-0.25, -0.2) is 0 Å². The van der Waals surface area contributed by atoms with Crippen molar-refractivity contribution in [1.82, 2.24) is 0 Å². The molecule has 2 aromatic carbocycles. The first-order chi connectivity index (χ1) is 8.76. The monoisotopic (exact) mass is 237 g/mol. The molecule has 2 nitrogen and oxygen atoms in total. The Morgan fingerprint density at radius 1 is 1.06 bits per heavy atom. The van der Waals surface area contributed by atoms with Gasteiger partial charge in [-0.1, -0.05) is 43.3 Å². The van der Waals surface area contributed by atoms with E-state index in [1.54, 1.807) is 0 Å². The van der Waals surface area contributed by atoms with Gasteiger partial charge >= 0.3 is 0 Å². The molecule has 0 fully saturated rings. The predicted molar refractivity (Wildman–Crippen MR) is 73.6 cm³/mol. The summed E-state index contributed by atoms with van der Waals surface area (Å²) in [5, 5.41) is 2.89. The number of benzene rings is 2. The minimum absolute atomic E-state index is 0.0866. The maximum atomic E-state index is 11.3. The summed E-state index contributed by atoms with van der Waals surface area (Å²) in [5.41, 5.74) is 5.73. The highest BCUT2D eigenvalue weighted by atomic mass is 16.1. The summed E-state index contributed by atoms with van der Waals surface area (Å²) >= 11 is 0. The third-order valence-corrected chi connectivity index (χ3v) is 3.43. The number of hydrogen-bond acceptors (Lipinski definition) is 1. The van der Waals surface area contributed by atoms with Crippen LogP contribution in [0.2, 0.25) is 0 Å². The van der Waals surface area contributed by atoms with Gasteiger partial charge in [0.05, 0.1) is 6.42 Å². The fraction of sp³-hybridized carbons (Fsp3) is 0.188. The van der Waals surface area contributed by atoms with Gasteiger partial charge in [-0.2, -0.15) is 0 Å². The molecular weight excluding hydrogens is 222 g/mol. The Bertz CT molecular complexity index is 599. The Kier molecular flexibility index (Phi) is 2.63. The zero-order chi connectivity index (χ0) is 12.5. The van der Waals surface area contributed by atoms with E-state index in [0.717, 1.165) is 23.2 Å². The third kappa shape index (κ3) is 1.90. The van der Waals surface area contributed by atoms with E-state index < -0.39 is 0 Å². The Labute approximate surface area is 107 Å². The molecule has 0 aromatic heterocycles. The molecule has 1 aliphatic rings. The Morgan fingerprint density at radius 2 is 1.78 bits per heavy atom. The van der Waals surface area contributed by atoms with Crippen molar-refractivity contribution in [1.29, 1.82) is 0 Å². The number of amides is 1. The van der Waals surface area contributed by atoms with Crippen molar-refractivity contribution in [3.8, 4) is 11.1 Å². The maximum absolute atomic E-state index is 11.3. The summed E-state index contributed by atoms with van der Waals surface area (Å²) in [6.07, 6.45) is 1.56. The molecule has 0 spiro atoms. The topological polar surface area (TPSA) is 29.1 Å². The van der Waals surface area contributed by atoms with E-state index in [9.17, 15) is 4.79 Å². The molecule has 0 radical (unpaired) electrons. The lowest BCUT2D eigenvalue weighted by Gasteiger charge is -2.06. The number of fused-ring (bicyclic) bond motifs is 1. The van der Waals surface area contributed by atoms with Crippen molar-refractivity contribution in [3.05, 3.63) is 53.6 Å². The SMILES string of the molecule is CCc1ccc(-c2ccc3c(c2)NC(=O)C3)cc1. The zero-order valence-electron chi connectivity index (χ0n) is 10.4. The first kappa shape index (κ1) is 11.0. The van der Waals surface area contributed by atoms with Crippen LogP contribution < -0.4 is 5.32 Å². The molecule has 18 heavy (non-hydrogen) atoms. The van der Waals surface area contributed by atoms with E-state index in [-0.39, 0.29) is 5.91 Å². The predicted octanol–water partition coefficient (Wildman–Crippen LogP) is 3.41. The summed E-state index contributed by atoms with van der Waals surface area (Å²) in [6, 6.07) is 14.8. The van der Waals surface area contributed by atoms with Gasteiger partial charge in [0.2, 0.25) is 5.91 Å². The third-order valence-electron chi connectivity index (χ3n) is 3.43. The fourth-order valence-corrected chi connectivity index (χ4v) is 2.33. The number of aryl methyl sites for hydroxylation is 1. The van der Waals surface area contributed by atoms with Crippen LogP contribution in [0, 0.1) is 0 Å². The normalized spacial score (nSPS) is 13.3. The molecule has 0 saturated carbocycles. The number of rotatable bonds is 2. The van der Waals surface area contributed by atoms with Crippen LogP contribution in [0.4, 0.5) is 5.69 Å². The van der Waals surface area contributed by atoms with Gasteiger partial charge in [-0.05, 0) is 34.7 Å². The van der Waals surface area contributed by atoms with Gasteiger partial charge in [0.1, 0.15) is 0 Å². The van der Waals surface area contributed by atoms with Gasteiger partial charge < -0.3 is 5.32 Å². The largest absolute Gasteiger partial charge is 0.326 e. The molecule has 0 bridgehead atoms. The highest BCUT2D eigenvalue weighted by Gasteiger charge is 2.17. The van der Waals surface area contributed by atoms with Crippen LogP contribution in [0.15, 0.2) is 42.5 Å². The Hall–Kier alpha value is -2.09. The molecule has 2 heteroatoms. The molecule has 1 amide bonds. The van der Waals surface area contributed by atoms with Gasteiger partial charge in [-0.3, -0.25) is 4.79 Å². The number of nitrogens with one attached hydrogen (secondary N) is 1. The lowest BCUT2D eigenvalue weighted by molar-refractivity contribution is -0.115. The van der Waals surface area contributed by atoms with E-state index in [1.807, 2.05) is 6.07 Å². The first-order valence-electron chi connectivity index (χ1n) is 6.28. The summed E-state index contributed by atoms with van der Waals surface area (Å²) < 4.78 is 0. The van der Waals surface area contributed by atoms with Crippen molar-refractivity contribution in [2.45, 2.75) is 19.8 Å². The second-order valence-corrected chi connectivity index (χ2v) is 4.65. The first-order valence-corrected chi connectivity index (χ1v) is 6.28. The number of carbonyl (C=O) groups excluding carboxylic acids is 1. The maximum Gasteiger partial charge on any atom is 0.228 e. The van der Waals surface area contributed by atoms with Crippen LogP contribution in [0.25, 0.3) is 11.1 Å². The zero-order valence-corrected chi connectivity index (χ0v) is 10.4. The molecule has 3 rings (SSSR count). The minimum atomic E-state index is 0.0866. The smallest absolute Gasteiger partial charge is 0.228 e. The molecule has 1 N–H and O–H groups in total. The van der Waals surface area contributed by atoms with Gasteiger partial charge in [-0.15, -0.1) is 0 Å². The lowest BCUT2D eigenvalue weighted by atomic mass is 10.0. The Balaban J connectivity index is 1.97. The second kappa shape index (κ2) is 4.30. The molecule has 90 valence electrons. The summed E-state index contributed by atoms with van der Waals surface area (Å²) in [7, 11) is 0. The van der Waals surface area contributed by atoms with Crippen LogP contribution in [0.3, 0.4) is 0 Å². The van der Waals surface area contributed by atoms with Crippen molar-refractivity contribution in [2.75, 3.05) is 5.32 Å². The average molecular weight is 237 g/mol. The number of carbonyl (C=O) groups is 1. The highest BCUT2D eigenvalue weighted by Crippen LogP contribution is 2.29. The van der Waals surface area contributed by atoms with Crippen LogP contribution in [0.5, 0.6) is 0 Å². The van der Waals surface area contributed by atoms with E-state index in [1.165, 1.54) is 11.1 Å². The van der Waals surface area contributed by atoms with Crippen LogP contribution in [-0.4, -0.2) is 5.91 Å². The quantitative estimate of drug-likeness (QED) is 0.852. The lowest BCUT2D eigenvalue weighted by Crippen LogP contribution is -2.03. The molecule has 0 atom stereocenters. The molecule has 0 aliphatic carbocycles. The number of hydrogen-bond donors (Lipinski definition) is 1. The summed E-state index contributed by atoms with van der Waals surface area (Å²) in [4.78, 5) is 11.3. The van der Waals surface area contributed by atoms with E-state index >= 15 is 0 Å². The molecule has 0 unspecified atom stereocenters. The Morgan fingerprint density at radius 3 is 2.50 bits per heavy atom. The van der Waals surface area contributed by atoms with Crippen molar-refractivity contribution >= 4 is 11.6 Å². The minimum Gasteiger partial charge on any atom is -0.326 e. The average Bonchev–Trinajstić information content (AvgIpc) is 2.78. The van der Waals surface area contributed by atoms with Crippen molar-refractivity contribution < 1.29 is 4.79 Å². The van der Waals surface area contributed by atoms with E-state index in [2.05, 4.69) is 48.6 Å². The van der Waals surface area contributed by atoms with Crippen molar-refractivity contribution in [3.63, 3.8) is 0 Å². The van der Waals surface area contributed by atoms with Crippen LogP contribution >= 0.6 is 0 Å². The molecule has 2 aromatic rings. The summed E-state index contributed by atoms with van der Waals surface area (Å²) in [5.74, 6) is 0.0866. The second-order valence-electron chi connectivity index (χ2n) is 4.65. The van der Waals surface area contributed by atoms with Gasteiger partial charge in [0, 0.05) is 5.69 Å². The van der Waals surface area contributed by atoms with Crippen molar-refractivity contribution in [2.24, 2.45) is 0 Å². The summed E-state index contributed by atoms with van der Waals surface area (Å²) in [6.45, 7) is 2.15.